The van der Waals surface area contributed by atoms with Gasteiger partial charge in [0.1, 0.15) is 12.3 Å². The molecule has 1 aromatic carbocycles. The number of benzene rings is 1. The molecule has 0 saturated heterocycles. The quantitative estimate of drug-likeness (QED) is 0.329. The van der Waals surface area contributed by atoms with Crippen LogP contribution in [0.15, 0.2) is 24.3 Å². The second-order valence-electron chi connectivity index (χ2n) is 3.24. The number of hydrogen-bond donors (Lipinski definition) is 3. The van der Waals surface area contributed by atoms with Crippen LogP contribution in [0, 0.1) is 5.41 Å². The van der Waals surface area contributed by atoms with E-state index in [2.05, 4.69) is 10.1 Å². The van der Waals surface area contributed by atoms with Crippen molar-refractivity contribution in [1.29, 1.82) is 5.41 Å². The summed E-state index contributed by atoms with van der Waals surface area (Å²) in [6.45, 7) is -0.485. The van der Waals surface area contributed by atoms with Crippen LogP contribution in [0.3, 0.4) is 0 Å². The summed E-state index contributed by atoms with van der Waals surface area (Å²) >= 11 is 0. The number of carbonyl (C=O) groups is 1. The van der Waals surface area contributed by atoms with E-state index in [-0.39, 0.29) is 0 Å². The first-order valence-corrected chi connectivity index (χ1v) is 4.75. The number of guanidine groups is 1. The van der Waals surface area contributed by atoms with Gasteiger partial charge in [-0.15, -0.1) is 0 Å². The Balaban J connectivity index is 2.79. The highest BCUT2D eigenvalue weighted by Gasteiger charge is 2.34. The van der Waals surface area contributed by atoms with Crippen LogP contribution in [0.25, 0.3) is 0 Å². The molecule has 0 aromatic heterocycles. The molecule has 0 saturated carbocycles. The van der Waals surface area contributed by atoms with E-state index in [0.29, 0.717) is 0 Å². The fourth-order valence-corrected chi connectivity index (χ4v) is 1.12. The summed E-state index contributed by atoms with van der Waals surface area (Å²) in [6.07, 6.45) is -4.61. The molecular formula is C10H10F3N3O2. The van der Waals surface area contributed by atoms with Crippen LogP contribution in [0.4, 0.5) is 13.2 Å². The molecule has 0 radical (unpaired) electrons. The minimum atomic E-state index is -4.61. The zero-order valence-corrected chi connectivity index (χ0v) is 9.04. The van der Waals surface area contributed by atoms with Crippen molar-refractivity contribution >= 4 is 11.9 Å². The lowest BCUT2D eigenvalue weighted by atomic mass is 10.2. The third-order valence-corrected chi connectivity index (χ3v) is 1.84. The van der Waals surface area contributed by atoms with Gasteiger partial charge in [0.15, 0.2) is 5.96 Å². The molecule has 4 N–H and O–H groups in total. The highest BCUT2D eigenvalue weighted by Crippen LogP contribution is 2.35. The van der Waals surface area contributed by atoms with Crippen LogP contribution in [-0.4, -0.2) is 18.5 Å². The average molecular weight is 261 g/mol. The first-order chi connectivity index (χ1) is 8.30. The van der Waals surface area contributed by atoms with Crippen molar-refractivity contribution in [3.05, 3.63) is 29.8 Å². The Morgan fingerprint density at radius 2 is 2.00 bits per heavy atom. The predicted octanol–water partition coefficient (Wildman–Crippen LogP) is 1.09. The first-order valence-electron chi connectivity index (χ1n) is 4.75. The van der Waals surface area contributed by atoms with Gasteiger partial charge >= 0.3 is 12.1 Å². The molecule has 1 aromatic rings. The largest absolute Gasteiger partial charge is 0.425 e. The monoisotopic (exact) mass is 261 g/mol. The number of carbonyl (C=O) groups excluding carboxylic acids is 1. The second-order valence-corrected chi connectivity index (χ2v) is 3.24. The van der Waals surface area contributed by atoms with E-state index in [9.17, 15) is 18.0 Å². The molecule has 98 valence electrons. The van der Waals surface area contributed by atoms with E-state index >= 15 is 0 Å². The van der Waals surface area contributed by atoms with Crippen molar-refractivity contribution in [1.82, 2.24) is 5.32 Å². The number of nitrogens with one attached hydrogen (secondary N) is 2. The molecule has 0 atom stereocenters. The summed E-state index contributed by atoms with van der Waals surface area (Å²) in [5.41, 5.74) is 3.88. The zero-order chi connectivity index (χ0) is 13.8. The van der Waals surface area contributed by atoms with Crippen molar-refractivity contribution < 1.29 is 22.7 Å². The third-order valence-electron chi connectivity index (χ3n) is 1.84. The molecule has 1 rings (SSSR count). The van der Waals surface area contributed by atoms with E-state index in [4.69, 9.17) is 11.1 Å². The molecule has 18 heavy (non-hydrogen) atoms. The Kier molecular flexibility index (Phi) is 4.13. The highest BCUT2D eigenvalue weighted by atomic mass is 19.4. The lowest BCUT2D eigenvalue weighted by Crippen LogP contribution is -2.36. The number of nitrogens with two attached hydrogens (primary N) is 1. The van der Waals surface area contributed by atoms with Gasteiger partial charge in [-0.2, -0.15) is 13.2 Å². The molecule has 0 bridgehead atoms. The number of halogens is 3. The van der Waals surface area contributed by atoms with Gasteiger partial charge in [0, 0.05) is 0 Å². The number of alkyl halides is 3. The van der Waals surface area contributed by atoms with Crippen molar-refractivity contribution in [2.24, 2.45) is 5.73 Å². The van der Waals surface area contributed by atoms with Crippen LogP contribution >= 0.6 is 0 Å². The maximum absolute atomic E-state index is 12.6. The standard InChI is InChI=1S/C10H10F3N3O2/c11-10(12,13)6-3-1-2-4-7(6)18-8(17)5-16-9(14)15/h1-4H,5H2,(H4,14,15,16). The molecule has 0 amide bonds. The summed E-state index contributed by atoms with van der Waals surface area (Å²) < 4.78 is 42.2. The van der Waals surface area contributed by atoms with Gasteiger partial charge in [-0.3, -0.25) is 5.41 Å². The Morgan fingerprint density at radius 1 is 1.39 bits per heavy atom. The number of hydrogen-bond acceptors (Lipinski definition) is 3. The molecule has 0 aliphatic carbocycles. The lowest BCUT2D eigenvalue weighted by molar-refractivity contribution is -0.141. The molecule has 0 heterocycles. The number of rotatable bonds is 3. The maximum atomic E-state index is 12.6. The Morgan fingerprint density at radius 3 is 2.56 bits per heavy atom. The van der Waals surface area contributed by atoms with Crippen LogP contribution in [0.1, 0.15) is 5.56 Å². The third kappa shape index (κ3) is 3.96. The van der Waals surface area contributed by atoms with Crippen molar-refractivity contribution in [2.45, 2.75) is 6.18 Å². The van der Waals surface area contributed by atoms with Gasteiger partial charge in [0.2, 0.25) is 0 Å². The van der Waals surface area contributed by atoms with Gasteiger partial charge in [-0.1, -0.05) is 12.1 Å². The molecular weight excluding hydrogens is 251 g/mol. The van der Waals surface area contributed by atoms with Crippen LogP contribution in [0.2, 0.25) is 0 Å². The highest BCUT2D eigenvalue weighted by molar-refractivity contribution is 5.82. The summed E-state index contributed by atoms with van der Waals surface area (Å²) in [4.78, 5) is 11.2. The van der Waals surface area contributed by atoms with Crippen LogP contribution < -0.4 is 15.8 Å². The Bertz CT molecular complexity index is 460. The lowest BCUT2D eigenvalue weighted by Gasteiger charge is -2.12. The van der Waals surface area contributed by atoms with Crippen LogP contribution in [-0.2, 0) is 11.0 Å². The molecule has 0 spiro atoms. The number of esters is 1. The topological polar surface area (TPSA) is 88.2 Å². The van der Waals surface area contributed by atoms with E-state index in [1.165, 1.54) is 12.1 Å². The van der Waals surface area contributed by atoms with Crippen molar-refractivity contribution in [3.63, 3.8) is 0 Å². The first kappa shape index (κ1) is 13.8. The SMILES string of the molecule is N=C(N)NCC(=O)Oc1ccccc1C(F)(F)F. The Hall–Kier alpha value is -2.25. The molecule has 0 aliphatic heterocycles. The average Bonchev–Trinajstić information content (AvgIpc) is 2.25. The van der Waals surface area contributed by atoms with Crippen molar-refractivity contribution in [2.75, 3.05) is 6.54 Å². The number of ether oxygens (including phenoxy) is 1. The van der Waals surface area contributed by atoms with Gasteiger partial charge in [-0.25, -0.2) is 4.79 Å². The second kappa shape index (κ2) is 5.39. The zero-order valence-electron chi connectivity index (χ0n) is 9.04. The Labute approximate surface area is 100 Å². The molecule has 0 unspecified atom stereocenters. The summed E-state index contributed by atoms with van der Waals surface area (Å²) in [5, 5.41) is 8.92. The smallest absolute Gasteiger partial charge is 0.419 e. The molecule has 5 nitrogen and oxygen atoms in total. The maximum Gasteiger partial charge on any atom is 0.419 e. The minimum Gasteiger partial charge on any atom is -0.425 e. The summed E-state index contributed by atoms with van der Waals surface area (Å²) in [7, 11) is 0. The normalized spacial score (nSPS) is 10.8. The van der Waals surface area contributed by atoms with Crippen LogP contribution in [0.5, 0.6) is 5.75 Å². The van der Waals surface area contributed by atoms with E-state index in [1.807, 2.05) is 0 Å². The van der Waals surface area contributed by atoms with Gasteiger partial charge in [-0.05, 0) is 12.1 Å². The molecule has 8 heteroatoms. The molecule has 0 fully saturated rings. The van der Waals surface area contributed by atoms with Crippen molar-refractivity contribution in [3.8, 4) is 5.75 Å². The summed E-state index contributed by atoms with van der Waals surface area (Å²) in [5.74, 6) is -2.03. The van der Waals surface area contributed by atoms with E-state index in [1.54, 1.807) is 0 Å². The van der Waals surface area contributed by atoms with E-state index in [0.717, 1.165) is 12.1 Å². The number of para-hydroxylation sites is 1. The predicted molar refractivity (Wildman–Crippen MR) is 57.0 cm³/mol. The van der Waals surface area contributed by atoms with Gasteiger partial charge < -0.3 is 15.8 Å². The molecule has 0 aliphatic rings. The van der Waals surface area contributed by atoms with Gasteiger partial charge in [0.25, 0.3) is 0 Å². The van der Waals surface area contributed by atoms with Gasteiger partial charge in [0.05, 0.1) is 5.56 Å². The fourth-order valence-electron chi connectivity index (χ4n) is 1.12. The van der Waals surface area contributed by atoms with E-state index < -0.39 is 36.0 Å². The fraction of sp³-hybridized carbons (Fsp3) is 0.200. The minimum absolute atomic E-state index is 0.476. The summed E-state index contributed by atoms with van der Waals surface area (Å²) in [6, 6.07) is 4.35.